The van der Waals surface area contributed by atoms with E-state index in [0.717, 1.165) is 29.3 Å². The van der Waals surface area contributed by atoms with Crippen LogP contribution < -0.4 is 4.90 Å². The predicted molar refractivity (Wildman–Crippen MR) is 86.7 cm³/mol. The van der Waals surface area contributed by atoms with Crippen molar-refractivity contribution in [1.82, 2.24) is 15.0 Å². The van der Waals surface area contributed by atoms with Crippen molar-refractivity contribution < 1.29 is 5.11 Å². The van der Waals surface area contributed by atoms with E-state index in [1.807, 2.05) is 12.1 Å². The van der Waals surface area contributed by atoms with Crippen molar-refractivity contribution in [2.24, 2.45) is 0 Å². The van der Waals surface area contributed by atoms with Gasteiger partial charge in [0, 0.05) is 42.3 Å². The minimum atomic E-state index is 0.145. The van der Waals surface area contributed by atoms with Crippen LogP contribution in [-0.4, -0.2) is 39.3 Å². The van der Waals surface area contributed by atoms with Crippen molar-refractivity contribution in [2.45, 2.75) is 38.6 Å². The summed E-state index contributed by atoms with van der Waals surface area (Å²) in [5.41, 5.74) is 2.00. The van der Waals surface area contributed by atoms with Gasteiger partial charge < -0.3 is 10.0 Å². The van der Waals surface area contributed by atoms with Gasteiger partial charge >= 0.3 is 0 Å². The molecule has 2 aromatic rings. The molecule has 1 aliphatic rings. The fourth-order valence-electron chi connectivity index (χ4n) is 2.73. The first-order valence-electron chi connectivity index (χ1n) is 7.97. The number of aliphatic hydroxyl groups excluding tert-OH is 1. The van der Waals surface area contributed by atoms with Gasteiger partial charge in [0.15, 0.2) is 5.82 Å². The quantitative estimate of drug-likeness (QED) is 0.887. The summed E-state index contributed by atoms with van der Waals surface area (Å²) < 4.78 is 0. The normalized spacial score (nSPS) is 14.6. The molecule has 1 fully saturated rings. The predicted octanol–water partition coefficient (Wildman–Crippen LogP) is 2.45. The molecule has 0 atom stereocenters. The first-order valence-corrected chi connectivity index (χ1v) is 7.97. The van der Waals surface area contributed by atoms with E-state index in [4.69, 9.17) is 4.98 Å². The van der Waals surface area contributed by atoms with E-state index < -0.39 is 0 Å². The summed E-state index contributed by atoms with van der Waals surface area (Å²) in [4.78, 5) is 15.7. The van der Waals surface area contributed by atoms with Crippen molar-refractivity contribution in [3.63, 3.8) is 0 Å². The number of pyridine rings is 1. The summed E-state index contributed by atoms with van der Waals surface area (Å²) in [7, 11) is 0. The van der Waals surface area contributed by atoms with Crippen LogP contribution in [0, 0.1) is 0 Å². The van der Waals surface area contributed by atoms with E-state index in [2.05, 4.69) is 27.9 Å². The van der Waals surface area contributed by atoms with Crippen LogP contribution >= 0.6 is 0 Å². The van der Waals surface area contributed by atoms with E-state index in [-0.39, 0.29) is 6.61 Å². The molecular weight excluding hydrogens is 276 g/mol. The van der Waals surface area contributed by atoms with E-state index in [1.54, 1.807) is 12.4 Å². The Bertz CT molecular complexity index is 613. The van der Waals surface area contributed by atoms with Crippen LogP contribution in [0.3, 0.4) is 0 Å². The Morgan fingerprint density at radius 1 is 1.23 bits per heavy atom. The summed E-state index contributed by atoms with van der Waals surface area (Å²) in [6, 6.07) is 6.41. The zero-order chi connectivity index (χ0) is 15.4. The number of nitrogens with zero attached hydrogens (tertiary/aromatic N) is 4. The van der Waals surface area contributed by atoms with Crippen LogP contribution in [0.5, 0.6) is 0 Å². The molecule has 0 amide bonds. The van der Waals surface area contributed by atoms with E-state index in [0.29, 0.717) is 12.6 Å². The Hall–Kier alpha value is -2.01. The van der Waals surface area contributed by atoms with E-state index in [9.17, 15) is 5.11 Å². The topological polar surface area (TPSA) is 62.1 Å². The van der Waals surface area contributed by atoms with Crippen molar-refractivity contribution in [1.29, 1.82) is 0 Å². The summed E-state index contributed by atoms with van der Waals surface area (Å²) in [5, 5.41) is 9.39. The standard InChI is InChI=1S/C17H22N4O/c1-2-14-12-16(21(10-11-22)15-4-3-5-15)20-17(19-14)13-6-8-18-9-7-13/h6-9,12,15,22H,2-5,10-11H2,1H3. The Morgan fingerprint density at radius 3 is 2.59 bits per heavy atom. The second kappa shape index (κ2) is 6.83. The highest BCUT2D eigenvalue weighted by Gasteiger charge is 2.26. The molecule has 22 heavy (non-hydrogen) atoms. The van der Waals surface area contributed by atoms with E-state index >= 15 is 0 Å². The van der Waals surface area contributed by atoms with Crippen LogP contribution in [-0.2, 0) is 6.42 Å². The van der Waals surface area contributed by atoms with Crippen molar-refractivity contribution in [2.75, 3.05) is 18.1 Å². The smallest absolute Gasteiger partial charge is 0.161 e. The van der Waals surface area contributed by atoms with Crippen molar-refractivity contribution >= 4 is 5.82 Å². The maximum absolute atomic E-state index is 9.39. The SMILES string of the molecule is CCc1cc(N(CCO)C2CCC2)nc(-c2ccncc2)n1. The zero-order valence-electron chi connectivity index (χ0n) is 12.9. The van der Waals surface area contributed by atoms with Gasteiger partial charge in [-0.1, -0.05) is 6.92 Å². The molecule has 0 unspecified atom stereocenters. The van der Waals surface area contributed by atoms with Gasteiger partial charge in [-0.3, -0.25) is 4.98 Å². The average molecular weight is 298 g/mol. The molecule has 0 saturated heterocycles. The van der Waals surface area contributed by atoms with Crippen LogP contribution in [0.1, 0.15) is 31.9 Å². The Kier molecular flexibility index (Phi) is 4.63. The van der Waals surface area contributed by atoms with Gasteiger partial charge in [-0.2, -0.15) is 0 Å². The molecule has 0 aromatic carbocycles. The maximum Gasteiger partial charge on any atom is 0.161 e. The third-order valence-electron chi connectivity index (χ3n) is 4.22. The van der Waals surface area contributed by atoms with Crippen LogP contribution in [0.25, 0.3) is 11.4 Å². The van der Waals surface area contributed by atoms with Gasteiger partial charge in [-0.05, 0) is 37.8 Å². The molecule has 0 spiro atoms. The lowest BCUT2D eigenvalue weighted by molar-refractivity contribution is 0.283. The van der Waals surface area contributed by atoms with Gasteiger partial charge in [0.2, 0.25) is 0 Å². The minimum Gasteiger partial charge on any atom is -0.395 e. The summed E-state index contributed by atoms with van der Waals surface area (Å²) in [5.74, 6) is 1.66. The van der Waals surface area contributed by atoms with Gasteiger partial charge in [0.25, 0.3) is 0 Å². The summed E-state index contributed by atoms with van der Waals surface area (Å²) in [6.45, 7) is 2.87. The molecule has 5 nitrogen and oxygen atoms in total. The molecule has 116 valence electrons. The van der Waals surface area contributed by atoms with Crippen molar-refractivity contribution in [3.05, 3.63) is 36.3 Å². The third-order valence-corrected chi connectivity index (χ3v) is 4.22. The minimum absolute atomic E-state index is 0.145. The number of aromatic nitrogens is 3. The number of rotatable bonds is 6. The van der Waals surface area contributed by atoms with Crippen LogP contribution in [0.4, 0.5) is 5.82 Å². The Morgan fingerprint density at radius 2 is 2.00 bits per heavy atom. The number of aliphatic hydroxyl groups is 1. The highest BCUT2D eigenvalue weighted by Crippen LogP contribution is 2.29. The maximum atomic E-state index is 9.39. The number of anilines is 1. The summed E-state index contributed by atoms with van der Waals surface area (Å²) >= 11 is 0. The molecule has 3 rings (SSSR count). The Labute approximate surface area is 131 Å². The van der Waals surface area contributed by atoms with Crippen LogP contribution in [0.15, 0.2) is 30.6 Å². The van der Waals surface area contributed by atoms with Crippen molar-refractivity contribution in [3.8, 4) is 11.4 Å². The lowest BCUT2D eigenvalue weighted by Gasteiger charge is -2.38. The summed E-state index contributed by atoms with van der Waals surface area (Å²) in [6.07, 6.45) is 8.00. The first kappa shape index (κ1) is 14.9. The monoisotopic (exact) mass is 298 g/mol. The van der Waals surface area contributed by atoms with E-state index in [1.165, 1.54) is 19.3 Å². The molecule has 1 saturated carbocycles. The Balaban J connectivity index is 1.99. The molecular formula is C17H22N4O. The molecule has 2 heterocycles. The lowest BCUT2D eigenvalue weighted by atomic mass is 9.91. The number of hydrogen-bond acceptors (Lipinski definition) is 5. The first-order chi connectivity index (χ1) is 10.8. The largest absolute Gasteiger partial charge is 0.395 e. The second-order valence-corrected chi connectivity index (χ2v) is 5.63. The third kappa shape index (κ3) is 3.09. The molecule has 1 N–H and O–H groups in total. The molecule has 1 aliphatic carbocycles. The molecule has 2 aromatic heterocycles. The van der Waals surface area contributed by atoms with Crippen LogP contribution in [0.2, 0.25) is 0 Å². The highest BCUT2D eigenvalue weighted by atomic mass is 16.3. The fourth-order valence-corrected chi connectivity index (χ4v) is 2.73. The number of aryl methyl sites for hydroxylation is 1. The van der Waals surface area contributed by atoms with Gasteiger partial charge in [-0.25, -0.2) is 9.97 Å². The highest BCUT2D eigenvalue weighted by molar-refractivity contribution is 5.57. The molecule has 5 heteroatoms. The van der Waals surface area contributed by atoms with Gasteiger partial charge in [0.05, 0.1) is 6.61 Å². The molecule has 0 bridgehead atoms. The van der Waals surface area contributed by atoms with Gasteiger partial charge in [0.1, 0.15) is 5.82 Å². The van der Waals surface area contributed by atoms with Gasteiger partial charge in [-0.15, -0.1) is 0 Å². The second-order valence-electron chi connectivity index (χ2n) is 5.63. The molecule has 0 radical (unpaired) electrons. The molecule has 0 aliphatic heterocycles. The fraction of sp³-hybridized carbons (Fsp3) is 0.471. The number of hydrogen-bond donors (Lipinski definition) is 1. The lowest BCUT2D eigenvalue weighted by Crippen LogP contribution is -2.42. The zero-order valence-corrected chi connectivity index (χ0v) is 12.9. The average Bonchev–Trinajstić information content (AvgIpc) is 2.53.